The van der Waals surface area contributed by atoms with Crippen molar-refractivity contribution >= 4 is 21.5 Å². The van der Waals surface area contributed by atoms with Gasteiger partial charge in [-0.2, -0.15) is 0 Å². The van der Waals surface area contributed by atoms with E-state index >= 15 is 0 Å². The van der Waals surface area contributed by atoms with Crippen LogP contribution in [0.1, 0.15) is 16.8 Å². The molecule has 0 aliphatic carbocycles. The average Bonchev–Trinajstić information content (AvgIpc) is 2.95. The van der Waals surface area contributed by atoms with E-state index < -0.39 is 10.8 Å². The molecular formula is C21H17NO3S. The van der Waals surface area contributed by atoms with E-state index in [9.17, 15) is 4.21 Å². The largest absolute Gasteiger partial charge is 0.497 e. The number of hydrogen-bond donors (Lipinski definition) is 0. The highest BCUT2D eigenvalue weighted by Crippen LogP contribution is 2.43. The number of benzene rings is 2. The first-order valence-corrected chi connectivity index (χ1v) is 9.33. The number of methoxy groups -OCH3 is 1. The van der Waals surface area contributed by atoms with Crippen molar-refractivity contribution in [3.8, 4) is 11.5 Å². The van der Waals surface area contributed by atoms with Gasteiger partial charge in [-0.15, -0.1) is 0 Å². The fourth-order valence-electron chi connectivity index (χ4n) is 2.85. The summed E-state index contributed by atoms with van der Waals surface area (Å²) in [4.78, 5) is 5.63. The predicted octanol–water partition coefficient (Wildman–Crippen LogP) is 4.42. The third-order valence-corrected chi connectivity index (χ3v) is 5.69. The molecule has 0 radical (unpaired) electrons. The van der Waals surface area contributed by atoms with E-state index in [4.69, 9.17) is 9.47 Å². The molecule has 0 amide bonds. The van der Waals surface area contributed by atoms with Crippen molar-refractivity contribution in [2.75, 3.05) is 7.11 Å². The Morgan fingerprint density at radius 2 is 1.73 bits per heavy atom. The van der Waals surface area contributed by atoms with Gasteiger partial charge in [0.25, 0.3) is 0 Å². The molecule has 4 rings (SSSR count). The minimum Gasteiger partial charge on any atom is -0.497 e. The Labute approximate surface area is 154 Å². The molecule has 1 aromatic heterocycles. The molecule has 0 saturated carbocycles. The smallest absolute Gasteiger partial charge is 0.153 e. The van der Waals surface area contributed by atoms with Crippen LogP contribution in [0.15, 0.2) is 71.8 Å². The van der Waals surface area contributed by atoms with Gasteiger partial charge in [-0.25, -0.2) is 4.21 Å². The van der Waals surface area contributed by atoms with Crippen molar-refractivity contribution in [3.63, 3.8) is 0 Å². The van der Waals surface area contributed by atoms with Crippen molar-refractivity contribution in [2.45, 2.75) is 11.8 Å². The van der Waals surface area contributed by atoms with Crippen LogP contribution in [0.25, 0.3) is 10.7 Å². The maximum Gasteiger partial charge on any atom is 0.153 e. The van der Waals surface area contributed by atoms with Gasteiger partial charge in [-0.3, -0.25) is 4.98 Å². The number of fused-ring (bicyclic) bond motifs is 1. The topological polar surface area (TPSA) is 48.4 Å². The highest BCUT2D eigenvalue weighted by atomic mass is 32.2. The van der Waals surface area contributed by atoms with Crippen LogP contribution in [0.4, 0.5) is 0 Å². The number of aryl methyl sites for hydroxylation is 1. The standard InChI is InChI=1S/C21H17NO3S/c1-14-8-9-17(13-22-14)25-20-18-11-10-16(24-2)12-19(18)26(23)21(20)15-6-4-3-5-7-15/h3-13H,1-2H3. The van der Waals surface area contributed by atoms with Crippen LogP contribution in [0.2, 0.25) is 0 Å². The molecule has 26 heavy (non-hydrogen) atoms. The van der Waals surface area contributed by atoms with Crippen molar-refractivity contribution in [3.05, 3.63) is 83.7 Å². The molecule has 0 N–H and O–H groups in total. The first-order valence-electron chi connectivity index (χ1n) is 8.18. The van der Waals surface area contributed by atoms with Gasteiger partial charge in [0.1, 0.15) is 11.5 Å². The van der Waals surface area contributed by atoms with Gasteiger partial charge < -0.3 is 9.47 Å². The first kappa shape index (κ1) is 16.5. The quantitative estimate of drug-likeness (QED) is 0.688. The summed E-state index contributed by atoms with van der Waals surface area (Å²) in [6.45, 7) is 1.92. The highest BCUT2D eigenvalue weighted by Gasteiger charge is 2.32. The van der Waals surface area contributed by atoms with E-state index in [1.54, 1.807) is 19.4 Å². The lowest BCUT2D eigenvalue weighted by Gasteiger charge is -2.10. The zero-order chi connectivity index (χ0) is 18.1. The van der Waals surface area contributed by atoms with E-state index in [2.05, 4.69) is 4.98 Å². The van der Waals surface area contributed by atoms with E-state index in [0.29, 0.717) is 27.1 Å². The van der Waals surface area contributed by atoms with Gasteiger partial charge >= 0.3 is 0 Å². The Kier molecular flexibility index (Phi) is 4.31. The SMILES string of the molecule is COc1ccc2c(c1)S(=O)C(c1ccccc1)=C2Oc1ccc(C)nc1. The van der Waals surface area contributed by atoms with Crippen LogP contribution in [0.5, 0.6) is 11.5 Å². The normalized spacial score (nSPS) is 15.7. The molecule has 5 heteroatoms. The van der Waals surface area contributed by atoms with Gasteiger partial charge in [0.15, 0.2) is 5.76 Å². The highest BCUT2D eigenvalue weighted by molar-refractivity contribution is 7.95. The van der Waals surface area contributed by atoms with Crippen molar-refractivity contribution in [1.82, 2.24) is 4.98 Å². The third-order valence-electron chi connectivity index (χ3n) is 4.16. The molecule has 0 bridgehead atoms. The van der Waals surface area contributed by atoms with E-state index in [0.717, 1.165) is 16.8 Å². The van der Waals surface area contributed by atoms with Gasteiger partial charge in [0, 0.05) is 11.3 Å². The second-order valence-corrected chi connectivity index (χ2v) is 7.28. The zero-order valence-corrected chi connectivity index (χ0v) is 15.2. The van der Waals surface area contributed by atoms with Gasteiger partial charge in [0.2, 0.25) is 0 Å². The average molecular weight is 363 g/mol. The lowest BCUT2D eigenvalue weighted by atomic mass is 10.1. The van der Waals surface area contributed by atoms with Gasteiger partial charge in [0.05, 0.1) is 33.9 Å². The molecule has 2 aromatic carbocycles. The molecule has 0 spiro atoms. The minimum absolute atomic E-state index is 0.595. The summed E-state index contributed by atoms with van der Waals surface area (Å²) in [7, 11) is 0.245. The molecular weight excluding hydrogens is 346 g/mol. The number of aromatic nitrogens is 1. The number of hydrogen-bond acceptors (Lipinski definition) is 4. The number of nitrogens with zero attached hydrogens (tertiary/aromatic N) is 1. The predicted molar refractivity (Wildman–Crippen MR) is 102 cm³/mol. The molecule has 4 nitrogen and oxygen atoms in total. The molecule has 2 heterocycles. The Morgan fingerprint density at radius 1 is 0.962 bits per heavy atom. The Hall–Kier alpha value is -2.92. The summed E-state index contributed by atoms with van der Waals surface area (Å²) in [6.07, 6.45) is 1.68. The Bertz CT molecular complexity index is 1010. The molecule has 1 atom stereocenters. The summed E-state index contributed by atoms with van der Waals surface area (Å²) < 4.78 is 24.7. The van der Waals surface area contributed by atoms with Crippen LogP contribution in [0, 0.1) is 6.92 Å². The maximum atomic E-state index is 13.2. The number of ether oxygens (including phenoxy) is 2. The fourth-order valence-corrected chi connectivity index (χ4v) is 4.32. The lowest BCUT2D eigenvalue weighted by Crippen LogP contribution is -1.97. The molecule has 1 aliphatic heterocycles. The molecule has 3 aromatic rings. The van der Waals surface area contributed by atoms with Crippen molar-refractivity contribution < 1.29 is 13.7 Å². The summed E-state index contributed by atoms with van der Waals surface area (Å²) in [6, 6.07) is 18.9. The summed E-state index contributed by atoms with van der Waals surface area (Å²) in [5.41, 5.74) is 2.59. The summed E-state index contributed by atoms with van der Waals surface area (Å²) in [5.74, 6) is 1.88. The van der Waals surface area contributed by atoms with E-state index in [1.807, 2.05) is 61.5 Å². The molecule has 1 unspecified atom stereocenters. The summed E-state index contributed by atoms with van der Waals surface area (Å²) >= 11 is 0. The van der Waals surface area contributed by atoms with Crippen LogP contribution >= 0.6 is 0 Å². The van der Waals surface area contributed by atoms with Crippen LogP contribution in [0.3, 0.4) is 0 Å². The minimum atomic E-state index is -1.35. The zero-order valence-electron chi connectivity index (χ0n) is 14.4. The lowest BCUT2D eigenvalue weighted by molar-refractivity contribution is 0.413. The van der Waals surface area contributed by atoms with Crippen LogP contribution in [-0.4, -0.2) is 16.3 Å². The van der Waals surface area contributed by atoms with E-state index in [-0.39, 0.29) is 0 Å². The second-order valence-electron chi connectivity index (χ2n) is 5.89. The molecule has 1 aliphatic rings. The monoisotopic (exact) mass is 363 g/mol. The fraction of sp³-hybridized carbons (Fsp3) is 0.0952. The van der Waals surface area contributed by atoms with Crippen molar-refractivity contribution in [1.29, 1.82) is 0 Å². The molecule has 0 saturated heterocycles. The third kappa shape index (κ3) is 2.91. The van der Waals surface area contributed by atoms with Gasteiger partial charge in [-0.1, -0.05) is 30.3 Å². The van der Waals surface area contributed by atoms with E-state index in [1.165, 1.54) is 0 Å². The maximum absolute atomic E-state index is 13.2. The Balaban J connectivity index is 1.87. The molecule has 130 valence electrons. The first-order chi connectivity index (χ1) is 12.7. The summed E-state index contributed by atoms with van der Waals surface area (Å²) in [5, 5.41) is 0. The number of rotatable bonds is 4. The van der Waals surface area contributed by atoms with Gasteiger partial charge in [-0.05, 0) is 42.8 Å². The Morgan fingerprint density at radius 3 is 2.42 bits per heavy atom. The van der Waals surface area contributed by atoms with Crippen LogP contribution < -0.4 is 9.47 Å². The van der Waals surface area contributed by atoms with Crippen molar-refractivity contribution in [2.24, 2.45) is 0 Å². The van der Waals surface area contributed by atoms with Crippen LogP contribution in [-0.2, 0) is 10.8 Å². The molecule has 0 fully saturated rings. The second kappa shape index (κ2) is 6.77. The number of pyridine rings is 1.